The van der Waals surface area contributed by atoms with Gasteiger partial charge in [0.25, 0.3) is 0 Å². The van der Waals surface area contributed by atoms with Gasteiger partial charge in [-0.05, 0) is 44.1 Å². The highest BCUT2D eigenvalue weighted by Gasteiger charge is 2.39. The van der Waals surface area contributed by atoms with Gasteiger partial charge in [-0.1, -0.05) is 6.42 Å². The summed E-state index contributed by atoms with van der Waals surface area (Å²) in [6.07, 6.45) is 5.78. The highest BCUT2D eigenvalue weighted by Crippen LogP contribution is 2.48. The van der Waals surface area contributed by atoms with Crippen molar-refractivity contribution in [1.29, 1.82) is 0 Å². The van der Waals surface area contributed by atoms with E-state index >= 15 is 0 Å². The van der Waals surface area contributed by atoms with Gasteiger partial charge in [-0.3, -0.25) is 9.69 Å². The molecule has 1 amide bonds. The summed E-state index contributed by atoms with van der Waals surface area (Å²) in [4.78, 5) is 16.5. The first kappa shape index (κ1) is 16.1. The Morgan fingerprint density at radius 3 is 2.60 bits per heavy atom. The molecule has 4 nitrogen and oxygen atoms in total. The van der Waals surface area contributed by atoms with Crippen LogP contribution >= 0.6 is 12.4 Å². The summed E-state index contributed by atoms with van der Waals surface area (Å²) in [7, 11) is 2.12. The Balaban J connectivity index is 0.00000147. The van der Waals surface area contributed by atoms with E-state index in [9.17, 15) is 4.79 Å². The second-order valence-electron chi connectivity index (χ2n) is 6.76. The zero-order chi connectivity index (χ0) is 13.2. The molecule has 1 saturated heterocycles. The van der Waals surface area contributed by atoms with Crippen molar-refractivity contribution in [3.8, 4) is 0 Å². The fraction of sp³-hybridized carbons (Fsp3) is 0.933. The van der Waals surface area contributed by atoms with Crippen LogP contribution in [-0.2, 0) is 4.79 Å². The van der Waals surface area contributed by atoms with Crippen LogP contribution in [0.4, 0.5) is 0 Å². The number of rotatable bonds is 4. The number of hydrogen-bond donors (Lipinski definition) is 1. The molecule has 3 unspecified atom stereocenters. The molecule has 2 bridgehead atoms. The summed E-state index contributed by atoms with van der Waals surface area (Å²) in [5.41, 5.74) is 0. The summed E-state index contributed by atoms with van der Waals surface area (Å²) in [5, 5.41) is 3.29. The summed E-state index contributed by atoms with van der Waals surface area (Å²) < 4.78 is 0. The van der Waals surface area contributed by atoms with Gasteiger partial charge in [-0.15, -0.1) is 12.4 Å². The first-order valence-electron chi connectivity index (χ1n) is 7.89. The Labute approximate surface area is 128 Å². The monoisotopic (exact) mass is 301 g/mol. The third-order valence-corrected chi connectivity index (χ3v) is 5.31. The molecule has 3 fully saturated rings. The standard InChI is InChI=1S/C15H27N3O.ClH/c1-17(10-14-9-12-2-3-13(14)8-12)11-15(19)18-6-4-16-5-7-18;/h12-14,16H,2-11H2,1H3;1H. The molecule has 2 saturated carbocycles. The molecule has 3 atom stereocenters. The predicted molar refractivity (Wildman–Crippen MR) is 83.1 cm³/mol. The maximum Gasteiger partial charge on any atom is 0.236 e. The summed E-state index contributed by atoms with van der Waals surface area (Å²) in [6.45, 7) is 5.37. The number of carbonyl (C=O) groups excluding carboxylic acids is 1. The van der Waals surface area contributed by atoms with Gasteiger partial charge in [-0.2, -0.15) is 0 Å². The lowest BCUT2D eigenvalue weighted by Gasteiger charge is -2.31. The number of fused-ring (bicyclic) bond motifs is 2. The van der Waals surface area contributed by atoms with Gasteiger partial charge in [0.15, 0.2) is 0 Å². The van der Waals surface area contributed by atoms with Crippen LogP contribution < -0.4 is 5.32 Å². The first-order chi connectivity index (χ1) is 9.22. The molecule has 1 heterocycles. The molecular weight excluding hydrogens is 274 g/mol. The molecule has 0 aromatic heterocycles. The first-order valence-corrected chi connectivity index (χ1v) is 7.89. The number of halogens is 1. The number of hydrogen-bond acceptors (Lipinski definition) is 3. The molecule has 0 aromatic carbocycles. The van der Waals surface area contributed by atoms with Crippen LogP contribution in [0.1, 0.15) is 25.7 Å². The molecule has 0 aromatic rings. The van der Waals surface area contributed by atoms with Crippen molar-refractivity contribution in [2.75, 3.05) is 46.3 Å². The van der Waals surface area contributed by atoms with E-state index in [1.165, 1.54) is 25.7 Å². The largest absolute Gasteiger partial charge is 0.339 e. The quantitative estimate of drug-likeness (QED) is 0.848. The third kappa shape index (κ3) is 3.66. The van der Waals surface area contributed by atoms with Crippen LogP contribution in [0.3, 0.4) is 0 Å². The molecule has 116 valence electrons. The smallest absolute Gasteiger partial charge is 0.236 e. The second-order valence-corrected chi connectivity index (χ2v) is 6.76. The molecule has 0 radical (unpaired) electrons. The minimum atomic E-state index is 0. The van der Waals surface area contributed by atoms with Crippen LogP contribution in [0.15, 0.2) is 0 Å². The van der Waals surface area contributed by atoms with Gasteiger partial charge >= 0.3 is 0 Å². The topological polar surface area (TPSA) is 35.6 Å². The van der Waals surface area contributed by atoms with Gasteiger partial charge in [-0.25, -0.2) is 0 Å². The summed E-state index contributed by atoms with van der Waals surface area (Å²) in [6, 6.07) is 0. The predicted octanol–water partition coefficient (Wildman–Crippen LogP) is 1.21. The minimum Gasteiger partial charge on any atom is -0.339 e. The Morgan fingerprint density at radius 1 is 1.25 bits per heavy atom. The van der Waals surface area contributed by atoms with Gasteiger partial charge in [0.1, 0.15) is 0 Å². The van der Waals surface area contributed by atoms with Crippen LogP contribution in [-0.4, -0.2) is 62.0 Å². The van der Waals surface area contributed by atoms with Crippen molar-refractivity contribution < 1.29 is 4.79 Å². The van der Waals surface area contributed by atoms with E-state index in [1.807, 2.05) is 4.90 Å². The lowest BCUT2D eigenvalue weighted by atomic mass is 9.88. The van der Waals surface area contributed by atoms with Crippen LogP contribution in [0.2, 0.25) is 0 Å². The minimum absolute atomic E-state index is 0. The lowest BCUT2D eigenvalue weighted by molar-refractivity contribution is -0.132. The number of amides is 1. The molecular formula is C15H28ClN3O. The van der Waals surface area contributed by atoms with Gasteiger partial charge < -0.3 is 10.2 Å². The van der Waals surface area contributed by atoms with Crippen molar-refractivity contribution in [3.05, 3.63) is 0 Å². The number of carbonyl (C=O) groups is 1. The number of nitrogens with one attached hydrogen (secondary N) is 1. The maximum atomic E-state index is 12.2. The Kier molecular flexibility index (Phi) is 5.70. The van der Waals surface area contributed by atoms with Gasteiger partial charge in [0, 0.05) is 32.7 Å². The molecule has 20 heavy (non-hydrogen) atoms. The highest BCUT2D eigenvalue weighted by molar-refractivity contribution is 5.85. The fourth-order valence-electron chi connectivity index (χ4n) is 4.31. The number of likely N-dealkylation sites (N-methyl/N-ethyl adjacent to an activating group) is 1. The molecule has 3 aliphatic rings. The average molecular weight is 302 g/mol. The van der Waals surface area contributed by atoms with Crippen molar-refractivity contribution in [3.63, 3.8) is 0 Å². The normalized spacial score (nSPS) is 32.5. The Morgan fingerprint density at radius 2 is 2.00 bits per heavy atom. The molecule has 5 heteroatoms. The van der Waals surface area contributed by atoms with Crippen LogP contribution in [0.25, 0.3) is 0 Å². The van der Waals surface area contributed by atoms with Crippen molar-refractivity contribution >= 4 is 18.3 Å². The molecule has 3 rings (SSSR count). The zero-order valence-electron chi connectivity index (χ0n) is 12.5. The van der Waals surface area contributed by atoms with Crippen LogP contribution in [0, 0.1) is 17.8 Å². The highest BCUT2D eigenvalue weighted by atomic mass is 35.5. The van der Waals surface area contributed by atoms with E-state index in [1.54, 1.807) is 0 Å². The van der Waals surface area contributed by atoms with Crippen LogP contribution in [0.5, 0.6) is 0 Å². The Hall–Kier alpha value is -0.320. The lowest BCUT2D eigenvalue weighted by Crippen LogP contribution is -2.49. The Bertz CT molecular complexity index is 333. The third-order valence-electron chi connectivity index (χ3n) is 5.31. The van der Waals surface area contributed by atoms with E-state index < -0.39 is 0 Å². The SMILES string of the molecule is CN(CC(=O)N1CCNCC1)CC1CC2CCC1C2.Cl. The van der Waals surface area contributed by atoms with Crippen molar-refractivity contribution in [1.82, 2.24) is 15.1 Å². The fourth-order valence-corrected chi connectivity index (χ4v) is 4.31. The zero-order valence-corrected chi connectivity index (χ0v) is 13.3. The van der Waals surface area contributed by atoms with E-state index in [4.69, 9.17) is 0 Å². The van der Waals surface area contributed by atoms with E-state index in [2.05, 4.69) is 17.3 Å². The summed E-state index contributed by atoms with van der Waals surface area (Å²) >= 11 is 0. The van der Waals surface area contributed by atoms with Crippen molar-refractivity contribution in [2.45, 2.75) is 25.7 Å². The molecule has 1 aliphatic heterocycles. The maximum absolute atomic E-state index is 12.2. The number of piperazine rings is 1. The van der Waals surface area contributed by atoms with Crippen molar-refractivity contribution in [2.24, 2.45) is 17.8 Å². The van der Waals surface area contributed by atoms with E-state index in [0.717, 1.165) is 50.5 Å². The molecule has 1 N–H and O–H groups in total. The molecule has 0 spiro atoms. The average Bonchev–Trinajstić information content (AvgIpc) is 3.02. The van der Waals surface area contributed by atoms with Gasteiger partial charge in [0.05, 0.1) is 6.54 Å². The number of nitrogens with zero attached hydrogens (tertiary/aromatic N) is 2. The summed E-state index contributed by atoms with van der Waals surface area (Å²) in [5.74, 6) is 3.14. The molecule has 2 aliphatic carbocycles. The second kappa shape index (κ2) is 7.10. The van der Waals surface area contributed by atoms with Gasteiger partial charge in [0.2, 0.25) is 5.91 Å². The van der Waals surface area contributed by atoms with E-state index in [0.29, 0.717) is 12.5 Å². The van der Waals surface area contributed by atoms with E-state index in [-0.39, 0.29) is 12.4 Å².